The van der Waals surface area contributed by atoms with Gasteiger partial charge in [-0.25, -0.2) is 4.79 Å². The molecule has 11 amide bonds. The summed E-state index contributed by atoms with van der Waals surface area (Å²) in [4.78, 5) is 166. The van der Waals surface area contributed by atoms with Crippen LogP contribution in [0.2, 0.25) is 0 Å². The number of esters is 1. The Balaban J connectivity index is 1.51. The van der Waals surface area contributed by atoms with Crippen LogP contribution in [-0.2, 0) is 68.7 Å². The number of aliphatic hydroxyl groups is 2. The van der Waals surface area contributed by atoms with Gasteiger partial charge >= 0.3 is 5.97 Å². The number of rotatable bonds is 31. The molecule has 27 nitrogen and oxygen atoms in total. The van der Waals surface area contributed by atoms with E-state index in [1.807, 2.05) is 42.5 Å². The number of carbonyl (C=O) groups excluding carboxylic acids is 12. The van der Waals surface area contributed by atoms with Gasteiger partial charge in [0.05, 0.1) is 19.3 Å². The minimum atomic E-state index is -1.81. The van der Waals surface area contributed by atoms with Gasteiger partial charge in [-0.15, -0.1) is 6.58 Å². The van der Waals surface area contributed by atoms with Crippen molar-refractivity contribution in [3.8, 4) is 0 Å². The fraction of sp³-hybridized carbons (Fsp3) is 0.613. The smallest absolute Gasteiger partial charge is 0.329 e. The lowest BCUT2D eigenvalue weighted by Gasteiger charge is -2.31. The van der Waals surface area contributed by atoms with Crippen molar-refractivity contribution in [2.24, 2.45) is 35.3 Å². The van der Waals surface area contributed by atoms with Crippen LogP contribution in [0.5, 0.6) is 0 Å². The second-order valence-corrected chi connectivity index (χ2v) is 23.6. The van der Waals surface area contributed by atoms with Crippen molar-refractivity contribution in [2.75, 3.05) is 20.3 Å². The Bertz CT molecular complexity index is 2890. The van der Waals surface area contributed by atoms with Crippen LogP contribution >= 0.6 is 0 Å². The number of carbonyl (C=O) groups is 12. The summed E-state index contributed by atoms with van der Waals surface area (Å²) in [7, 11) is 1.61. The summed E-state index contributed by atoms with van der Waals surface area (Å²) in [5, 5.41) is 51.7. The molecule has 2 fully saturated rings. The number of hydrogen-bond acceptors (Lipinski definition) is 16. The summed E-state index contributed by atoms with van der Waals surface area (Å²) in [5.74, 6) is -13.4. The van der Waals surface area contributed by atoms with Gasteiger partial charge in [0.25, 0.3) is 0 Å². The number of amides is 11. The molecule has 1 saturated carbocycles. The van der Waals surface area contributed by atoms with E-state index in [9.17, 15) is 67.7 Å². The molecule has 0 aromatic heterocycles. The predicted molar refractivity (Wildman–Crippen MR) is 329 cm³/mol. The first kappa shape index (κ1) is 73.4. The molecule has 0 unspecified atom stereocenters. The van der Waals surface area contributed by atoms with Crippen LogP contribution in [0.1, 0.15) is 120 Å². The molecule has 2 aromatic carbocycles. The maximum Gasteiger partial charge on any atom is 0.329 e. The van der Waals surface area contributed by atoms with E-state index in [4.69, 9.17) is 10.5 Å². The highest BCUT2D eigenvalue weighted by Crippen LogP contribution is 2.45. The average molecular weight is 1250 g/mol. The first-order valence-corrected chi connectivity index (χ1v) is 30.6. The van der Waals surface area contributed by atoms with E-state index in [0.29, 0.717) is 12.8 Å². The highest BCUT2D eigenvalue weighted by atomic mass is 16.5. The van der Waals surface area contributed by atoms with Crippen molar-refractivity contribution in [1.82, 2.24) is 58.5 Å². The summed E-state index contributed by atoms with van der Waals surface area (Å²) in [6.45, 7) is 18.0. The van der Waals surface area contributed by atoms with Gasteiger partial charge in [-0.2, -0.15) is 0 Å². The molecule has 0 radical (unpaired) electrons. The molecule has 1 spiro atoms. The van der Waals surface area contributed by atoms with Gasteiger partial charge in [0.1, 0.15) is 66.0 Å². The van der Waals surface area contributed by atoms with Gasteiger partial charge in [0, 0.05) is 12.3 Å². The number of likely N-dealkylation sites (N-methyl/N-ethyl adjacent to an activating group) is 1. The molecule has 2 aromatic rings. The molecule has 1 heterocycles. The molecule has 0 bridgehead atoms. The van der Waals surface area contributed by atoms with Crippen LogP contribution < -0.4 is 64.2 Å². The number of ether oxygens (including phenoxy) is 1. The summed E-state index contributed by atoms with van der Waals surface area (Å²) in [5.41, 5.74) is 4.87. The van der Waals surface area contributed by atoms with Gasteiger partial charge in [-0.3, -0.25) is 52.7 Å². The van der Waals surface area contributed by atoms with Crippen LogP contribution in [0, 0.1) is 29.6 Å². The van der Waals surface area contributed by atoms with Crippen LogP contribution in [0.15, 0.2) is 55.1 Å². The fourth-order valence-electron chi connectivity index (χ4n) is 10.2. The van der Waals surface area contributed by atoms with Gasteiger partial charge in [-0.1, -0.05) is 130 Å². The third kappa shape index (κ3) is 19.7. The Morgan fingerprint density at radius 1 is 0.663 bits per heavy atom. The van der Waals surface area contributed by atoms with Crippen molar-refractivity contribution in [1.29, 1.82) is 0 Å². The fourth-order valence-corrected chi connectivity index (χ4v) is 10.2. The van der Waals surface area contributed by atoms with Crippen molar-refractivity contribution in [3.63, 3.8) is 0 Å². The average Bonchev–Trinajstić information content (AvgIpc) is 1.62. The first-order chi connectivity index (χ1) is 42.1. The van der Waals surface area contributed by atoms with Crippen molar-refractivity contribution >= 4 is 81.7 Å². The number of nitrogens with one attached hydrogen (secondary N) is 11. The van der Waals surface area contributed by atoms with E-state index in [1.165, 1.54) is 19.9 Å². The minimum absolute atomic E-state index is 0.175. The zero-order valence-electron chi connectivity index (χ0n) is 52.9. The van der Waals surface area contributed by atoms with Gasteiger partial charge < -0.3 is 79.2 Å². The lowest BCUT2D eigenvalue weighted by molar-refractivity contribution is -0.157. The largest absolute Gasteiger partial charge is 0.458 e. The SMILES string of the molecule is C=C[C@H]1C[C@]12NC(=O)[C@H](C)NC(=O)[C@H](NC(=O)[C@H](CO)NC(=O)[C@@H](NC(=O)[C@H](NC(=O)[C@@H](CCC(N)=O)NC(=O)[C@H](CO)NC(=O)[C@@H](NC(=O)[C@@H](Cc1ccc3ccccc3c1)NC)[C@@H](C)CC)[C@@H](C)CC)[C@@H](C)CC)[C@H](C)OC(=O)[C@H]([C@@H](C)CC)NC2=O. The Hall–Kier alpha value is -8.04. The van der Waals surface area contributed by atoms with E-state index >= 15 is 0 Å². The molecule has 89 heavy (non-hydrogen) atoms. The van der Waals surface area contributed by atoms with Crippen LogP contribution in [0.25, 0.3) is 10.8 Å². The number of benzene rings is 2. The predicted octanol–water partition coefficient (Wildman–Crippen LogP) is -1.21. The van der Waals surface area contributed by atoms with Crippen LogP contribution in [0.3, 0.4) is 0 Å². The van der Waals surface area contributed by atoms with Crippen molar-refractivity contribution in [2.45, 2.75) is 193 Å². The quantitative estimate of drug-likeness (QED) is 0.0311. The topological polar surface area (TPSA) is 413 Å². The van der Waals surface area contributed by atoms with Gasteiger partial charge in [0.15, 0.2) is 0 Å². The molecular weight excluding hydrogens is 1150 g/mol. The lowest BCUT2D eigenvalue weighted by atomic mass is 9.94. The van der Waals surface area contributed by atoms with Crippen LogP contribution in [0.4, 0.5) is 0 Å². The number of primary amides is 1. The molecule has 27 heteroatoms. The third-order valence-corrected chi connectivity index (χ3v) is 17.1. The summed E-state index contributed by atoms with van der Waals surface area (Å²) >= 11 is 0. The lowest BCUT2D eigenvalue weighted by Crippen LogP contribution is -2.63. The molecule has 4 rings (SSSR count). The molecular formula is C62H94N12O15. The van der Waals surface area contributed by atoms with E-state index in [2.05, 4.69) is 65.1 Å². The third-order valence-electron chi connectivity index (χ3n) is 17.1. The maximum absolute atomic E-state index is 14.4. The van der Waals surface area contributed by atoms with Gasteiger partial charge in [-0.05, 0) is 80.2 Å². The molecule has 1 saturated heterocycles. The van der Waals surface area contributed by atoms with Gasteiger partial charge in [0.2, 0.25) is 65.0 Å². The Kier molecular flexibility index (Phi) is 28.1. The number of nitrogens with two attached hydrogens (primary N) is 1. The van der Waals surface area contributed by atoms with E-state index in [0.717, 1.165) is 16.3 Å². The molecule has 17 atom stereocenters. The number of fused-ring (bicyclic) bond motifs is 1. The van der Waals surface area contributed by atoms with E-state index < -0.39 is 199 Å². The summed E-state index contributed by atoms with van der Waals surface area (Å²) < 4.78 is 5.72. The summed E-state index contributed by atoms with van der Waals surface area (Å²) in [6.07, 6.45) is 0.959. The Morgan fingerprint density at radius 2 is 1.16 bits per heavy atom. The van der Waals surface area contributed by atoms with E-state index in [1.54, 1.807) is 62.4 Å². The molecule has 1 aliphatic carbocycles. The minimum Gasteiger partial charge on any atom is -0.458 e. The highest BCUT2D eigenvalue weighted by molar-refractivity contribution is 6.01. The molecule has 492 valence electrons. The molecule has 2 aliphatic rings. The highest BCUT2D eigenvalue weighted by Gasteiger charge is 2.61. The number of cyclic esters (lactones) is 1. The Morgan fingerprint density at radius 3 is 1.65 bits per heavy atom. The first-order valence-electron chi connectivity index (χ1n) is 30.6. The molecule has 1 aliphatic heterocycles. The van der Waals surface area contributed by atoms with Crippen molar-refractivity contribution < 1.29 is 72.5 Å². The second-order valence-electron chi connectivity index (χ2n) is 23.6. The summed E-state index contributed by atoms with van der Waals surface area (Å²) in [6, 6.07) is -0.672. The zero-order valence-corrected chi connectivity index (χ0v) is 52.9. The molecule has 15 N–H and O–H groups in total. The number of hydrogen-bond donors (Lipinski definition) is 14. The van der Waals surface area contributed by atoms with Crippen LogP contribution in [-0.4, -0.2) is 173 Å². The van der Waals surface area contributed by atoms with E-state index in [-0.39, 0.29) is 25.7 Å². The van der Waals surface area contributed by atoms with Crippen molar-refractivity contribution in [3.05, 3.63) is 60.7 Å². The maximum atomic E-state index is 14.4. The number of aliphatic hydroxyl groups excluding tert-OH is 2. The monoisotopic (exact) mass is 1250 g/mol. The standard InChI is InChI=1S/C62H94N12O15/c1-13-31(6)46(70-53(80)42(64-12)27-37-22-23-38-20-18-19-21-39(38)26-37)56(83)67-43(29-75)54(81)66-41(24-25-45(63)77)52(79)69-48(33(8)15-3)58(85)71-47(32(7)14-2)57(84)68-44(30-76)55(82)72-50-36(11)89-60(87)49(34(9)16-4)73-61(88)62(28-40(62)17-5)74-51(78)35(10)65-59(50)86/h17-23,26,31-36,40-44,46-50,64,75-76H,5,13-16,24-25,27-30H2,1-4,6-12H3,(H2,63,77)(H,65,86)(H,66,81)(H,67,83)(H,68,84)(H,69,79)(H,70,80)(H,71,85)(H,72,82)(H,73,88)(H,74,78)/t31-,32-,33-,34-,35-,36-,40-,41+,42+,43-,44-,46-,47-,48+,49-,50+,62-/m0/s1. The Labute approximate surface area is 519 Å². The zero-order chi connectivity index (χ0) is 66.6. The normalized spacial score (nSPS) is 23.2. The second kappa shape index (κ2) is 34.1.